The number of halogens is 3. The molecule has 106 valence electrons. The minimum Gasteiger partial charge on any atom is -0.310 e. The largest absolute Gasteiger partial charge is 0.310 e. The van der Waals surface area contributed by atoms with E-state index in [1.165, 1.54) is 6.07 Å². The molecule has 1 heterocycles. The van der Waals surface area contributed by atoms with Gasteiger partial charge in [-0.05, 0) is 36.7 Å². The van der Waals surface area contributed by atoms with Gasteiger partial charge in [-0.25, -0.2) is 4.39 Å². The van der Waals surface area contributed by atoms with Gasteiger partial charge in [-0.3, -0.25) is 4.98 Å². The Bertz CT molecular complexity index is 572. The highest BCUT2D eigenvalue weighted by Crippen LogP contribution is 2.30. The van der Waals surface area contributed by atoms with Gasteiger partial charge in [-0.2, -0.15) is 0 Å². The fraction of sp³-hybridized carbons (Fsp3) is 0.267. The van der Waals surface area contributed by atoms with E-state index in [9.17, 15) is 4.39 Å². The number of likely N-dealkylation sites (N-methyl/N-ethyl adjacent to an activating group) is 1. The molecule has 20 heavy (non-hydrogen) atoms. The molecule has 0 aliphatic rings. The number of nitrogens with one attached hydrogen (secondary N) is 1. The SMILES string of the molecule is CCNC(Cc1ccncc1Cl)c1c(F)cccc1Br. The number of rotatable bonds is 5. The molecule has 1 unspecified atom stereocenters. The normalized spacial score (nSPS) is 12.4. The van der Waals surface area contributed by atoms with Crippen LogP contribution in [0.3, 0.4) is 0 Å². The van der Waals surface area contributed by atoms with Gasteiger partial charge in [0.05, 0.1) is 5.02 Å². The summed E-state index contributed by atoms with van der Waals surface area (Å²) >= 11 is 9.56. The molecule has 1 atom stereocenters. The highest BCUT2D eigenvalue weighted by atomic mass is 79.9. The maximum Gasteiger partial charge on any atom is 0.129 e. The van der Waals surface area contributed by atoms with Gasteiger partial charge in [0.25, 0.3) is 0 Å². The van der Waals surface area contributed by atoms with Crippen molar-refractivity contribution in [3.05, 3.63) is 63.1 Å². The minimum absolute atomic E-state index is 0.143. The van der Waals surface area contributed by atoms with E-state index in [1.807, 2.05) is 19.1 Å². The van der Waals surface area contributed by atoms with E-state index >= 15 is 0 Å². The molecule has 5 heteroatoms. The predicted molar refractivity (Wildman–Crippen MR) is 83.5 cm³/mol. The molecule has 0 aliphatic carbocycles. The highest BCUT2D eigenvalue weighted by molar-refractivity contribution is 9.10. The second kappa shape index (κ2) is 7.16. The van der Waals surface area contributed by atoms with Crippen molar-refractivity contribution in [2.24, 2.45) is 0 Å². The third kappa shape index (κ3) is 3.57. The van der Waals surface area contributed by atoms with Crippen LogP contribution >= 0.6 is 27.5 Å². The van der Waals surface area contributed by atoms with Gasteiger partial charge >= 0.3 is 0 Å². The molecule has 0 spiro atoms. The highest BCUT2D eigenvalue weighted by Gasteiger charge is 2.19. The summed E-state index contributed by atoms with van der Waals surface area (Å²) in [6.45, 7) is 2.74. The molecule has 1 aromatic heterocycles. The Morgan fingerprint density at radius 1 is 1.40 bits per heavy atom. The van der Waals surface area contributed by atoms with E-state index in [2.05, 4.69) is 26.2 Å². The van der Waals surface area contributed by atoms with Gasteiger partial charge in [0, 0.05) is 28.5 Å². The Hall–Kier alpha value is -0.970. The van der Waals surface area contributed by atoms with E-state index in [0.29, 0.717) is 17.0 Å². The standard InChI is InChI=1S/C15H15BrClFN2/c1-2-20-14(8-10-6-7-19-9-12(10)17)15-11(16)4-3-5-13(15)18/h3-7,9,14,20H,2,8H2,1H3. The van der Waals surface area contributed by atoms with E-state index in [-0.39, 0.29) is 11.9 Å². The first-order chi connectivity index (χ1) is 9.63. The van der Waals surface area contributed by atoms with Crippen molar-refractivity contribution in [3.63, 3.8) is 0 Å². The smallest absolute Gasteiger partial charge is 0.129 e. The summed E-state index contributed by atoms with van der Waals surface area (Å²) in [4.78, 5) is 3.97. The number of benzene rings is 1. The minimum atomic E-state index is -0.226. The van der Waals surface area contributed by atoms with Crippen LogP contribution < -0.4 is 5.32 Å². The van der Waals surface area contributed by atoms with E-state index in [1.54, 1.807) is 18.5 Å². The number of pyridine rings is 1. The molecule has 2 rings (SSSR count). The summed E-state index contributed by atoms with van der Waals surface area (Å²) in [7, 11) is 0. The summed E-state index contributed by atoms with van der Waals surface area (Å²) in [6.07, 6.45) is 3.91. The second-order valence-electron chi connectivity index (χ2n) is 4.42. The quantitative estimate of drug-likeness (QED) is 0.850. The van der Waals surface area contributed by atoms with Crippen molar-refractivity contribution < 1.29 is 4.39 Å². The molecule has 2 aromatic rings. The van der Waals surface area contributed by atoms with E-state index < -0.39 is 0 Å². The Morgan fingerprint density at radius 3 is 2.85 bits per heavy atom. The second-order valence-corrected chi connectivity index (χ2v) is 5.68. The van der Waals surface area contributed by atoms with Crippen molar-refractivity contribution in [3.8, 4) is 0 Å². The van der Waals surface area contributed by atoms with Gasteiger partial charge in [0.1, 0.15) is 5.82 Å². The molecular formula is C15H15BrClFN2. The third-order valence-corrected chi connectivity index (χ3v) is 4.11. The zero-order valence-corrected chi connectivity index (χ0v) is 13.4. The number of nitrogens with zero attached hydrogens (tertiary/aromatic N) is 1. The van der Waals surface area contributed by atoms with Crippen LogP contribution in [0.15, 0.2) is 41.1 Å². The van der Waals surface area contributed by atoms with Gasteiger partial charge < -0.3 is 5.32 Å². The lowest BCUT2D eigenvalue weighted by Crippen LogP contribution is -2.24. The zero-order valence-electron chi connectivity index (χ0n) is 11.0. The van der Waals surface area contributed by atoms with Crippen molar-refractivity contribution in [2.75, 3.05) is 6.54 Å². The lowest BCUT2D eigenvalue weighted by Gasteiger charge is -2.21. The van der Waals surface area contributed by atoms with Crippen LogP contribution in [0.5, 0.6) is 0 Å². The monoisotopic (exact) mass is 356 g/mol. The first-order valence-corrected chi connectivity index (χ1v) is 7.56. The number of hydrogen-bond acceptors (Lipinski definition) is 2. The van der Waals surface area contributed by atoms with Gasteiger partial charge in [0.2, 0.25) is 0 Å². The van der Waals surface area contributed by atoms with Gasteiger partial charge in [0.15, 0.2) is 0 Å². The van der Waals surface area contributed by atoms with Crippen LogP contribution in [-0.4, -0.2) is 11.5 Å². The molecule has 0 saturated heterocycles. The van der Waals surface area contributed by atoms with Crippen LogP contribution in [0.4, 0.5) is 4.39 Å². The van der Waals surface area contributed by atoms with Crippen molar-refractivity contribution in [1.29, 1.82) is 0 Å². The van der Waals surface area contributed by atoms with Crippen LogP contribution in [0.1, 0.15) is 24.1 Å². The molecule has 1 aromatic carbocycles. The topological polar surface area (TPSA) is 24.9 Å². The Kier molecular flexibility index (Phi) is 5.52. The Morgan fingerprint density at radius 2 is 2.20 bits per heavy atom. The molecule has 1 N–H and O–H groups in total. The molecular weight excluding hydrogens is 343 g/mol. The first kappa shape index (κ1) is 15.4. The first-order valence-electron chi connectivity index (χ1n) is 6.39. The maximum absolute atomic E-state index is 14.1. The summed E-state index contributed by atoms with van der Waals surface area (Å²) in [5.74, 6) is -0.226. The van der Waals surface area contributed by atoms with E-state index in [4.69, 9.17) is 11.6 Å². The Labute approximate surface area is 131 Å². The molecule has 0 bridgehead atoms. The third-order valence-electron chi connectivity index (χ3n) is 3.08. The summed E-state index contributed by atoms with van der Waals surface area (Å²) < 4.78 is 14.9. The summed E-state index contributed by atoms with van der Waals surface area (Å²) in [5.41, 5.74) is 1.57. The van der Waals surface area contributed by atoms with Crippen molar-refractivity contribution in [2.45, 2.75) is 19.4 Å². The van der Waals surface area contributed by atoms with Crippen molar-refractivity contribution >= 4 is 27.5 Å². The Balaban J connectivity index is 2.35. The average molecular weight is 358 g/mol. The lowest BCUT2D eigenvalue weighted by molar-refractivity contribution is 0.507. The summed E-state index contributed by atoms with van der Waals surface area (Å²) in [5, 5.41) is 3.91. The predicted octanol–water partition coefficient (Wildman–Crippen LogP) is 4.53. The van der Waals surface area contributed by atoms with Crippen LogP contribution in [0.25, 0.3) is 0 Å². The van der Waals surface area contributed by atoms with Crippen LogP contribution in [0.2, 0.25) is 5.02 Å². The molecule has 0 radical (unpaired) electrons. The van der Waals surface area contributed by atoms with Crippen molar-refractivity contribution in [1.82, 2.24) is 10.3 Å². The lowest BCUT2D eigenvalue weighted by atomic mass is 9.99. The molecule has 2 nitrogen and oxygen atoms in total. The van der Waals surface area contributed by atoms with Crippen LogP contribution in [-0.2, 0) is 6.42 Å². The number of hydrogen-bond donors (Lipinski definition) is 1. The fourth-order valence-corrected chi connectivity index (χ4v) is 2.97. The molecule has 0 saturated carbocycles. The zero-order chi connectivity index (χ0) is 14.5. The molecule has 0 aliphatic heterocycles. The fourth-order valence-electron chi connectivity index (χ4n) is 2.16. The molecule has 0 amide bonds. The van der Waals surface area contributed by atoms with Crippen LogP contribution in [0, 0.1) is 5.82 Å². The number of aromatic nitrogens is 1. The average Bonchev–Trinajstić information content (AvgIpc) is 2.41. The van der Waals surface area contributed by atoms with Gasteiger partial charge in [-0.15, -0.1) is 0 Å². The molecule has 0 fully saturated rings. The maximum atomic E-state index is 14.1. The van der Waals surface area contributed by atoms with Gasteiger partial charge in [-0.1, -0.05) is 40.5 Å². The van der Waals surface area contributed by atoms with E-state index in [0.717, 1.165) is 16.6 Å². The summed E-state index contributed by atoms with van der Waals surface area (Å²) in [6, 6.07) is 6.72.